The number of sulfonamides is 1. The Kier molecular flexibility index (Phi) is 7.55. The highest BCUT2D eigenvalue weighted by molar-refractivity contribution is 7.92. The topological polar surface area (TPSA) is 75.7 Å². The molecule has 1 amide bonds. The Labute approximate surface area is 222 Å². The van der Waals surface area contributed by atoms with Gasteiger partial charge in [0.05, 0.1) is 14.9 Å². The van der Waals surface area contributed by atoms with Crippen molar-refractivity contribution in [3.05, 3.63) is 81.8 Å². The van der Waals surface area contributed by atoms with E-state index in [2.05, 4.69) is 4.72 Å². The van der Waals surface area contributed by atoms with Crippen LogP contribution in [0, 0.1) is 0 Å². The number of amides is 1. The first-order valence-corrected chi connectivity index (χ1v) is 13.8. The molecule has 4 rings (SSSR count). The lowest BCUT2D eigenvalue weighted by atomic mass is 10.0. The Balaban J connectivity index is 1.46. The maximum Gasteiger partial charge on any atom is 0.410 e. The van der Waals surface area contributed by atoms with E-state index in [0.717, 1.165) is 22.3 Å². The molecule has 1 heterocycles. The van der Waals surface area contributed by atoms with E-state index in [1.165, 1.54) is 0 Å². The van der Waals surface area contributed by atoms with E-state index in [-0.39, 0.29) is 11.0 Å². The fourth-order valence-electron chi connectivity index (χ4n) is 4.01. The Bertz CT molecular complexity index is 1380. The maximum absolute atomic E-state index is 13.0. The van der Waals surface area contributed by atoms with Crippen LogP contribution in [-0.2, 0) is 27.6 Å². The number of carbonyl (C=O) groups is 1. The van der Waals surface area contributed by atoms with Gasteiger partial charge in [-0.25, -0.2) is 13.2 Å². The number of halogens is 2. The van der Waals surface area contributed by atoms with Gasteiger partial charge >= 0.3 is 6.09 Å². The first-order valence-electron chi connectivity index (χ1n) is 11.6. The van der Waals surface area contributed by atoms with E-state index in [9.17, 15) is 13.2 Å². The Hall–Kier alpha value is -2.74. The van der Waals surface area contributed by atoms with Crippen LogP contribution >= 0.6 is 23.2 Å². The Morgan fingerprint density at radius 3 is 2.14 bits per heavy atom. The molecule has 1 aliphatic rings. The van der Waals surface area contributed by atoms with Gasteiger partial charge < -0.3 is 9.64 Å². The van der Waals surface area contributed by atoms with Crippen molar-refractivity contribution in [2.75, 3.05) is 17.8 Å². The summed E-state index contributed by atoms with van der Waals surface area (Å²) in [6.45, 7) is 6.59. The molecule has 9 heteroatoms. The molecule has 0 unspecified atom stereocenters. The van der Waals surface area contributed by atoms with Crippen LogP contribution in [0.4, 0.5) is 10.5 Å². The lowest BCUT2D eigenvalue weighted by Gasteiger charge is -2.26. The van der Waals surface area contributed by atoms with Crippen molar-refractivity contribution in [1.82, 2.24) is 4.90 Å². The fourth-order valence-corrected chi connectivity index (χ4v) is 5.36. The standard InChI is InChI=1S/C27H28Cl2N2O4S/c1-27(2,3)35-26(32)31-14-12-19-4-8-22(16-21(19)13-15-31)30-36(33,34)23-9-5-18(6-10-23)20-7-11-24(28)25(29)17-20/h4-11,16-17,30H,12-15H2,1-3H3. The molecule has 0 aliphatic carbocycles. The largest absolute Gasteiger partial charge is 0.444 e. The van der Waals surface area contributed by atoms with E-state index in [0.29, 0.717) is 41.7 Å². The average molecular weight is 548 g/mol. The van der Waals surface area contributed by atoms with Crippen LogP contribution in [0.2, 0.25) is 10.0 Å². The summed E-state index contributed by atoms with van der Waals surface area (Å²) in [5.74, 6) is 0. The van der Waals surface area contributed by atoms with Crippen LogP contribution in [0.15, 0.2) is 65.6 Å². The third kappa shape index (κ3) is 6.33. The number of ether oxygens (including phenoxy) is 1. The molecule has 0 radical (unpaired) electrons. The molecule has 1 N–H and O–H groups in total. The van der Waals surface area contributed by atoms with Crippen LogP contribution in [-0.4, -0.2) is 38.1 Å². The van der Waals surface area contributed by atoms with Crippen molar-refractivity contribution in [2.24, 2.45) is 0 Å². The van der Waals surface area contributed by atoms with E-state index in [1.807, 2.05) is 39.0 Å². The average Bonchev–Trinajstić information content (AvgIpc) is 3.02. The van der Waals surface area contributed by atoms with Gasteiger partial charge in [0.25, 0.3) is 10.0 Å². The summed E-state index contributed by atoms with van der Waals surface area (Å²) in [6.07, 6.45) is 0.959. The predicted octanol–water partition coefficient (Wildman–Crippen LogP) is 6.80. The summed E-state index contributed by atoms with van der Waals surface area (Å²) in [6, 6.07) is 17.4. The quantitative estimate of drug-likeness (QED) is 0.390. The minimum absolute atomic E-state index is 0.150. The third-order valence-electron chi connectivity index (χ3n) is 5.83. The van der Waals surface area contributed by atoms with Gasteiger partial charge in [0.15, 0.2) is 0 Å². The summed E-state index contributed by atoms with van der Waals surface area (Å²) in [5, 5.41) is 0.895. The van der Waals surface area contributed by atoms with E-state index >= 15 is 0 Å². The molecule has 3 aromatic carbocycles. The molecule has 1 aliphatic heterocycles. The maximum atomic E-state index is 13.0. The van der Waals surface area contributed by atoms with Gasteiger partial charge in [-0.05, 0) is 92.3 Å². The zero-order valence-electron chi connectivity index (χ0n) is 20.3. The lowest BCUT2D eigenvalue weighted by molar-refractivity contribution is 0.0258. The molecule has 3 aromatic rings. The SMILES string of the molecule is CC(C)(C)OC(=O)N1CCc2ccc(NS(=O)(=O)c3ccc(-c4ccc(Cl)c(Cl)c4)cc3)cc2CC1. The van der Waals surface area contributed by atoms with Gasteiger partial charge in [-0.1, -0.05) is 47.5 Å². The summed E-state index contributed by atoms with van der Waals surface area (Å²) in [5.41, 5.74) is 3.70. The summed E-state index contributed by atoms with van der Waals surface area (Å²) in [4.78, 5) is 14.3. The smallest absolute Gasteiger partial charge is 0.410 e. The second-order valence-electron chi connectivity index (χ2n) is 9.71. The minimum Gasteiger partial charge on any atom is -0.444 e. The molecule has 0 fully saturated rings. The normalized spacial score (nSPS) is 14.1. The van der Waals surface area contributed by atoms with Crippen LogP contribution in [0.5, 0.6) is 0 Å². The lowest BCUT2D eigenvalue weighted by Crippen LogP contribution is -2.38. The summed E-state index contributed by atoms with van der Waals surface area (Å²) >= 11 is 12.1. The van der Waals surface area contributed by atoms with Crippen molar-refractivity contribution in [1.29, 1.82) is 0 Å². The monoisotopic (exact) mass is 546 g/mol. The van der Waals surface area contributed by atoms with Crippen LogP contribution in [0.3, 0.4) is 0 Å². The van der Waals surface area contributed by atoms with E-state index in [1.54, 1.807) is 47.4 Å². The number of hydrogen-bond donors (Lipinski definition) is 1. The second kappa shape index (κ2) is 10.3. The number of nitrogens with zero attached hydrogens (tertiary/aromatic N) is 1. The van der Waals surface area contributed by atoms with Gasteiger partial charge in [-0.3, -0.25) is 4.72 Å². The number of hydrogen-bond acceptors (Lipinski definition) is 4. The molecule has 0 aromatic heterocycles. The van der Waals surface area contributed by atoms with Crippen molar-refractivity contribution in [3.63, 3.8) is 0 Å². The van der Waals surface area contributed by atoms with Gasteiger partial charge in [0.2, 0.25) is 0 Å². The van der Waals surface area contributed by atoms with Crippen LogP contribution in [0.25, 0.3) is 11.1 Å². The third-order valence-corrected chi connectivity index (χ3v) is 7.97. The second-order valence-corrected chi connectivity index (χ2v) is 12.2. The van der Waals surface area contributed by atoms with E-state index in [4.69, 9.17) is 27.9 Å². The van der Waals surface area contributed by atoms with E-state index < -0.39 is 15.6 Å². The highest BCUT2D eigenvalue weighted by atomic mass is 35.5. The molecule has 36 heavy (non-hydrogen) atoms. The molecule has 0 spiro atoms. The molecule has 0 saturated heterocycles. The molecule has 6 nitrogen and oxygen atoms in total. The first-order chi connectivity index (χ1) is 16.9. The number of fused-ring (bicyclic) bond motifs is 1. The van der Waals surface area contributed by atoms with Crippen molar-refractivity contribution < 1.29 is 17.9 Å². The van der Waals surface area contributed by atoms with Gasteiger partial charge in [0, 0.05) is 18.8 Å². The Morgan fingerprint density at radius 1 is 0.861 bits per heavy atom. The predicted molar refractivity (Wildman–Crippen MR) is 144 cm³/mol. The highest BCUT2D eigenvalue weighted by Crippen LogP contribution is 2.30. The van der Waals surface area contributed by atoms with Crippen LogP contribution < -0.4 is 4.72 Å². The minimum atomic E-state index is -3.79. The summed E-state index contributed by atoms with van der Waals surface area (Å²) < 4.78 is 34.3. The number of rotatable bonds is 4. The number of benzene rings is 3. The van der Waals surface area contributed by atoms with Crippen molar-refractivity contribution in [2.45, 2.75) is 44.1 Å². The first kappa shape index (κ1) is 26.3. The molecular weight excluding hydrogens is 519 g/mol. The van der Waals surface area contributed by atoms with Crippen LogP contribution in [0.1, 0.15) is 31.9 Å². The molecule has 0 saturated carbocycles. The molecular formula is C27H28Cl2N2O4S. The van der Waals surface area contributed by atoms with Gasteiger partial charge in [0.1, 0.15) is 5.60 Å². The zero-order valence-corrected chi connectivity index (χ0v) is 22.7. The molecule has 0 atom stereocenters. The Morgan fingerprint density at radius 2 is 1.50 bits per heavy atom. The van der Waals surface area contributed by atoms with Gasteiger partial charge in [-0.15, -0.1) is 0 Å². The fraction of sp³-hybridized carbons (Fsp3) is 0.296. The highest BCUT2D eigenvalue weighted by Gasteiger charge is 2.24. The molecule has 190 valence electrons. The molecule has 0 bridgehead atoms. The number of carbonyl (C=O) groups excluding carboxylic acids is 1. The van der Waals surface area contributed by atoms with Crippen molar-refractivity contribution in [3.8, 4) is 11.1 Å². The number of anilines is 1. The zero-order chi connectivity index (χ0) is 26.1. The number of nitrogens with one attached hydrogen (secondary N) is 1. The van der Waals surface area contributed by atoms with Crippen molar-refractivity contribution >= 4 is 45.0 Å². The summed E-state index contributed by atoms with van der Waals surface area (Å²) in [7, 11) is -3.79. The van der Waals surface area contributed by atoms with Gasteiger partial charge in [-0.2, -0.15) is 0 Å².